The average molecular weight is 299 g/mol. The number of nitrogens with one attached hydrogen (secondary N) is 1. The first kappa shape index (κ1) is 14.3. The van der Waals surface area contributed by atoms with E-state index in [-0.39, 0.29) is 11.3 Å². The van der Waals surface area contributed by atoms with Crippen molar-refractivity contribution in [3.8, 4) is 0 Å². The Morgan fingerprint density at radius 3 is 2.50 bits per heavy atom. The lowest BCUT2D eigenvalue weighted by atomic mass is 9.73. The van der Waals surface area contributed by atoms with Crippen molar-refractivity contribution in [3.05, 3.63) is 35.9 Å². The summed E-state index contributed by atoms with van der Waals surface area (Å²) in [5, 5.41) is 3.42. The van der Waals surface area contributed by atoms with Crippen LogP contribution in [0.4, 0.5) is 0 Å². The zero-order valence-electron chi connectivity index (χ0n) is 13.1. The fraction of sp³-hybridized carbons (Fsp3) is 0.632. The summed E-state index contributed by atoms with van der Waals surface area (Å²) < 4.78 is 5.54. The summed E-state index contributed by atoms with van der Waals surface area (Å²) in [6.07, 6.45) is 6.78. The molecule has 3 fully saturated rings. The Bertz CT molecular complexity index is 536. The second kappa shape index (κ2) is 5.69. The van der Waals surface area contributed by atoms with Gasteiger partial charge in [0.25, 0.3) is 0 Å². The fourth-order valence-electron chi connectivity index (χ4n) is 4.85. The molecule has 22 heavy (non-hydrogen) atoms. The van der Waals surface area contributed by atoms with Crippen LogP contribution in [0.3, 0.4) is 0 Å². The van der Waals surface area contributed by atoms with Gasteiger partial charge in [0.2, 0.25) is 5.91 Å². The Labute approximate surface area is 132 Å². The molecule has 3 nitrogen and oxygen atoms in total. The molecule has 2 saturated carbocycles. The molecule has 2 aliphatic carbocycles. The van der Waals surface area contributed by atoms with Crippen molar-refractivity contribution < 1.29 is 9.53 Å². The highest BCUT2D eigenvalue weighted by Gasteiger charge is 2.45. The fourth-order valence-corrected chi connectivity index (χ4v) is 4.85. The van der Waals surface area contributed by atoms with Crippen LogP contribution in [-0.4, -0.2) is 25.2 Å². The van der Waals surface area contributed by atoms with Crippen LogP contribution < -0.4 is 5.32 Å². The molecule has 118 valence electrons. The monoisotopic (exact) mass is 299 g/mol. The molecule has 3 atom stereocenters. The number of amides is 1. The molecule has 1 amide bonds. The Morgan fingerprint density at radius 2 is 1.86 bits per heavy atom. The zero-order valence-corrected chi connectivity index (χ0v) is 13.1. The number of carbonyl (C=O) groups excluding carboxylic acids is 1. The molecule has 1 saturated heterocycles. The quantitative estimate of drug-likeness (QED) is 0.931. The first-order valence-electron chi connectivity index (χ1n) is 8.72. The molecular weight excluding hydrogens is 274 g/mol. The number of ether oxygens (including phenoxy) is 1. The molecule has 1 N–H and O–H groups in total. The van der Waals surface area contributed by atoms with Crippen molar-refractivity contribution in [3.63, 3.8) is 0 Å². The molecule has 1 heterocycles. The minimum atomic E-state index is -0.388. The zero-order chi connectivity index (χ0) is 15.0. The molecule has 2 bridgehead atoms. The van der Waals surface area contributed by atoms with E-state index in [4.69, 9.17) is 4.74 Å². The third kappa shape index (κ3) is 2.36. The lowest BCUT2D eigenvalue weighted by Gasteiger charge is -2.38. The van der Waals surface area contributed by atoms with Crippen molar-refractivity contribution in [2.75, 3.05) is 13.2 Å². The van der Waals surface area contributed by atoms with E-state index >= 15 is 0 Å². The van der Waals surface area contributed by atoms with E-state index in [0.29, 0.717) is 19.3 Å². The molecule has 3 aliphatic rings. The highest BCUT2D eigenvalue weighted by molar-refractivity contribution is 5.88. The minimum Gasteiger partial charge on any atom is -0.381 e. The number of hydrogen-bond donors (Lipinski definition) is 1. The van der Waals surface area contributed by atoms with Crippen molar-refractivity contribution in [1.29, 1.82) is 0 Å². The van der Waals surface area contributed by atoms with Gasteiger partial charge in [-0.05, 0) is 49.5 Å². The van der Waals surface area contributed by atoms with Crippen molar-refractivity contribution >= 4 is 5.91 Å². The molecule has 0 radical (unpaired) electrons. The molecule has 0 unspecified atom stereocenters. The predicted molar refractivity (Wildman–Crippen MR) is 85.6 cm³/mol. The number of benzene rings is 1. The number of hydrogen-bond acceptors (Lipinski definition) is 2. The highest BCUT2D eigenvalue weighted by atomic mass is 16.5. The lowest BCUT2D eigenvalue weighted by molar-refractivity contribution is -0.131. The van der Waals surface area contributed by atoms with E-state index in [1.807, 2.05) is 18.2 Å². The van der Waals surface area contributed by atoms with Gasteiger partial charge in [-0.2, -0.15) is 0 Å². The van der Waals surface area contributed by atoms with Gasteiger partial charge >= 0.3 is 0 Å². The van der Waals surface area contributed by atoms with Gasteiger partial charge in [0, 0.05) is 19.3 Å². The third-order valence-corrected chi connectivity index (χ3v) is 6.16. The van der Waals surface area contributed by atoms with Crippen LogP contribution >= 0.6 is 0 Å². The van der Waals surface area contributed by atoms with E-state index < -0.39 is 0 Å². The second-order valence-electron chi connectivity index (χ2n) is 7.32. The topological polar surface area (TPSA) is 38.3 Å². The Morgan fingerprint density at radius 1 is 1.09 bits per heavy atom. The van der Waals surface area contributed by atoms with E-state index in [0.717, 1.165) is 30.2 Å². The maximum atomic E-state index is 13.2. The van der Waals surface area contributed by atoms with Gasteiger partial charge in [-0.15, -0.1) is 0 Å². The van der Waals surface area contributed by atoms with E-state index in [9.17, 15) is 4.79 Å². The Balaban J connectivity index is 1.56. The first-order valence-corrected chi connectivity index (χ1v) is 8.72. The molecule has 1 aromatic rings. The Hall–Kier alpha value is -1.35. The van der Waals surface area contributed by atoms with Crippen molar-refractivity contribution in [1.82, 2.24) is 5.32 Å². The third-order valence-electron chi connectivity index (χ3n) is 6.16. The SMILES string of the molecule is O=C(N[C@@H]1C[C@@H]2CC[C@@H]1C2)C1(c2ccccc2)CCOCC1. The summed E-state index contributed by atoms with van der Waals surface area (Å²) in [5.41, 5.74) is 0.764. The average Bonchev–Trinajstić information content (AvgIpc) is 3.19. The van der Waals surface area contributed by atoms with Crippen molar-refractivity contribution in [2.45, 2.75) is 50.0 Å². The van der Waals surface area contributed by atoms with Gasteiger partial charge < -0.3 is 10.1 Å². The molecule has 4 rings (SSSR count). The van der Waals surface area contributed by atoms with E-state index in [1.54, 1.807) is 0 Å². The maximum Gasteiger partial charge on any atom is 0.231 e. The summed E-state index contributed by atoms with van der Waals surface area (Å²) in [6, 6.07) is 10.7. The number of carbonyl (C=O) groups is 1. The first-order chi connectivity index (χ1) is 10.8. The smallest absolute Gasteiger partial charge is 0.231 e. The lowest BCUT2D eigenvalue weighted by Crippen LogP contribution is -2.52. The molecule has 0 aromatic heterocycles. The van der Waals surface area contributed by atoms with Crippen LogP contribution in [0, 0.1) is 11.8 Å². The normalized spacial score (nSPS) is 32.8. The minimum absolute atomic E-state index is 0.236. The van der Waals surface area contributed by atoms with Gasteiger partial charge in [-0.25, -0.2) is 0 Å². The predicted octanol–water partition coefficient (Wildman–Crippen LogP) is 3.04. The number of rotatable bonds is 3. The van der Waals surface area contributed by atoms with Crippen molar-refractivity contribution in [2.24, 2.45) is 11.8 Å². The van der Waals surface area contributed by atoms with Crippen LogP contribution in [0.25, 0.3) is 0 Å². The summed E-state index contributed by atoms with van der Waals surface area (Å²) in [4.78, 5) is 13.2. The number of fused-ring (bicyclic) bond motifs is 2. The molecule has 1 aliphatic heterocycles. The van der Waals surface area contributed by atoms with Crippen LogP contribution in [0.5, 0.6) is 0 Å². The molecule has 0 spiro atoms. The van der Waals surface area contributed by atoms with Crippen LogP contribution in [0.2, 0.25) is 0 Å². The molecular formula is C19H25NO2. The largest absolute Gasteiger partial charge is 0.381 e. The molecule has 3 heteroatoms. The van der Waals surface area contributed by atoms with Crippen LogP contribution in [0.1, 0.15) is 44.1 Å². The summed E-state index contributed by atoms with van der Waals surface area (Å²) >= 11 is 0. The van der Waals surface area contributed by atoms with E-state index in [2.05, 4.69) is 17.4 Å². The summed E-state index contributed by atoms with van der Waals surface area (Å²) in [7, 11) is 0. The second-order valence-corrected chi connectivity index (χ2v) is 7.32. The summed E-state index contributed by atoms with van der Waals surface area (Å²) in [6.45, 7) is 1.36. The van der Waals surface area contributed by atoms with E-state index in [1.165, 1.54) is 25.7 Å². The van der Waals surface area contributed by atoms with Gasteiger partial charge in [0.1, 0.15) is 0 Å². The summed E-state index contributed by atoms with van der Waals surface area (Å²) in [5.74, 6) is 1.82. The van der Waals surface area contributed by atoms with Crippen LogP contribution in [0.15, 0.2) is 30.3 Å². The van der Waals surface area contributed by atoms with Gasteiger partial charge in [-0.1, -0.05) is 36.8 Å². The highest BCUT2D eigenvalue weighted by Crippen LogP contribution is 2.45. The standard InChI is InChI=1S/C19H25NO2/c21-18(20-17-13-14-6-7-15(17)12-14)19(8-10-22-11-9-19)16-4-2-1-3-5-16/h1-5,14-15,17H,6-13H2,(H,20,21)/t14-,15-,17-/m1/s1. The maximum absolute atomic E-state index is 13.2. The van der Waals surface area contributed by atoms with Gasteiger partial charge in [-0.3, -0.25) is 4.79 Å². The van der Waals surface area contributed by atoms with Gasteiger partial charge in [0.05, 0.1) is 5.41 Å². The van der Waals surface area contributed by atoms with Crippen LogP contribution in [-0.2, 0) is 14.9 Å². The van der Waals surface area contributed by atoms with Gasteiger partial charge in [0.15, 0.2) is 0 Å². The molecule has 1 aromatic carbocycles. The Kier molecular flexibility index (Phi) is 3.69.